The summed E-state index contributed by atoms with van der Waals surface area (Å²) in [6.07, 6.45) is 4.09. The molecule has 31 heavy (non-hydrogen) atoms. The molecule has 1 aromatic heterocycles. The summed E-state index contributed by atoms with van der Waals surface area (Å²) >= 11 is 0. The third-order valence-corrected chi connectivity index (χ3v) is 5.21. The van der Waals surface area contributed by atoms with Gasteiger partial charge in [-0.15, -0.1) is 0 Å². The third kappa shape index (κ3) is 5.65. The lowest BCUT2D eigenvalue weighted by atomic mass is 10.2. The van der Waals surface area contributed by atoms with Crippen LogP contribution in [0.4, 0.5) is 0 Å². The van der Waals surface area contributed by atoms with Gasteiger partial charge in [0.15, 0.2) is 17.6 Å². The van der Waals surface area contributed by atoms with Crippen molar-refractivity contribution in [2.24, 2.45) is 0 Å². The number of amides is 1. The van der Waals surface area contributed by atoms with E-state index in [4.69, 9.17) is 18.7 Å². The first kappa shape index (κ1) is 22.4. The molecule has 0 bridgehead atoms. The molecule has 1 amide bonds. The molecule has 1 fully saturated rings. The molecule has 0 saturated carbocycles. The maximum absolute atomic E-state index is 12.2. The van der Waals surface area contributed by atoms with E-state index in [1.165, 1.54) is 6.08 Å². The Morgan fingerprint density at radius 2 is 1.97 bits per heavy atom. The van der Waals surface area contributed by atoms with Crippen molar-refractivity contribution in [2.75, 3.05) is 20.2 Å². The van der Waals surface area contributed by atoms with Gasteiger partial charge in [0.1, 0.15) is 12.4 Å². The van der Waals surface area contributed by atoms with Gasteiger partial charge in [-0.25, -0.2) is 4.79 Å². The molecule has 166 valence electrons. The van der Waals surface area contributed by atoms with Crippen LogP contribution in [0.15, 0.2) is 28.8 Å². The highest BCUT2D eigenvalue weighted by atomic mass is 16.5. The summed E-state index contributed by atoms with van der Waals surface area (Å²) in [5.74, 6) is 1.08. The number of likely N-dealkylation sites (tertiary alicyclic amines) is 1. The molecule has 2 heterocycles. The lowest BCUT2D eigenvalue weighted by molar-refractivity contribution is -0.154. The van der Waals surface area contributed by atoms with E-state index in [1.807, 2.05) is 13.8 Å². The number of hydrogen-bond donors (Lipinski definition) is 0. The zero-order chi connectivity index (χ0) is 22.4. The molecule has 1 saturated heterocycles. The van der Waals surface area contributed by atoms with Crippen LogP contribution in [0.2, 0.25) is 0 Å². The highest BCUT2D eigenvalue weighted by Gasteiger charge is 2.25. The normalized spacial score (nSPS) is 14.6. The van der Waals surface area contributed by atoms with Gasteiger partial charge in [-0.3, -0.25) is 4.79 Å². The Morgan fingerprint density at radius 3 is 2.61 bits per heavy atom. The number of aromatic nitrogens is 1. The highest BCUT2D eigenvalue weighted by molar-refractivity contribution is 5.90. The van der Waals surface area contributed by atoms with Crippen molar-refractivity contribution in [1.29, 1.82) is 0 Å². The number of esters is 1. The van der Waals surface area contributed by atoms with Gasteiger partial charge < -0.3 is 23.6 Å². The minimum atomic E-state index is -0.801. The van der Waals surface area contributed by atoms with Gasteiger partial charge in [0.05, 0.1) is 18.4 Å². The molecule has 8 nitrogen and oxygen atoms in total. The van der Waals surface area contributed by atoms with Crippen LogP contribution in [0.5, 0.6) is 11.5 Å². The van der Waals surface area contributed by atoms with Crippen LogP contribution >= 0.6 is 0 Å². The highest BCUT2D eigenvalue weighted by Crippen LogP contribution is 2.30. The first-order valence-electron chi connectivity index (χ1n) is 10.3. The minimum absolute atomic E-state index is 0.152. The predicted molar refractivity (Wildman–Crippen MR) is 114 cm³/mol. The number of hydrogen-bond acceptors (Lipinski definition) is 7. The molecule has 1 aromatic carbocycles. The lowest BCUT2D eigenvalue weighted by Gasteiger charge is -2.19. The largest absolute Gasteiger partial charge is 0.493 e. The van der Waals surface area contributed by atoms with E-state index in [2.05, 4.69) is 5.16 Å². The average molecular weight is 428 g/mol. The summed E-state index contributed by atoms with van der Waals surface area (Å²) in [4.78, 5) is 26.1. The van der Waals surface area contributed by atoms with E-state index in [0.717, 1.165) is 42.8 Å². The first-order chi connectivity index (χ1) is 14.9. The Bertz CT molecular complexity index is 939. The number of rotatable bonds is 8. The van der Waals surface area contributed by atoms with Gasteiger partial charge in [-0.2, -0.15) is 0 Å². The van der Waals surface area contributed by atoms with Gasteiger partial charge in [-0.05, 0) is 57.4 Å². The molecule has 0 radical (unpaired) electrons. The molecule has 0 N–H and O–H groups in total. The number of benzene rings is 1. The number of ether oxygens (including phenoxy) is 3. The number of nitrogens with zero attached hydrogens (tertiary/aromatic N) is 2. The van der Waals surface area contributed by atoms with E-state index < -0.39 is 12.1 Å². The Labute approximate surface area is 181 Å². The maximum atomic E-state index is 12.2. The topological polar surface area (TPSA) is 91.1 Å². The standard InChI is InChI=1S/C23H28N2O6/c1-15-19(16(2)31-24-15)14-29-20-9-7-18(13-21(20)28-4)8-10-22(26)30-17(3)23(27)25-11-5-6-12-25/h7-10,13,17H,5-6,11-12,14H2,1-4H3/b10-8+. The zero-order valence-corrected chi connectivity index (χ0v) is 18.3. The first-order valence-corrected chi connectivity index (χ1v) is 10.3. The van der Waals surface area contributed by atoms with E-state index in [1.54, 1.807) is 43.2 Å². The van der Waals surface area contributed by atoms with Crippen LogP contribution in [-0.4, -0.2) is 48.2 Å². The Kier molecular flexibility index (Phi) is 7.33. The summed E-state index contributed by atoms with van der Waals surface area (Å²) in [7, 11) is 1.55. The Balaban J connectivity index is 1.59. The second-order valence-corrected chi connectivity index (χ2v) is 7.45. The quantitative estimate of drug-likeness (QED) is 0.470. The summed E-state index contributed by atoms with van der Waals surface area (Å²) in [6.45, 7) is 7.05. The van der Waals surface area contributed by atoms with Crippen molar-refractivity contribution in [1.82, 2.24) is 10.1 Å². The van der Waals surface area contributed by atoms with Crippen LogP contribution in [0.3, 0.4) is 0 Å². The van der Waals surface area contributed by atoms with Gasteiger partial charge in [0.2, 0.25) is 0 Å². The maximum Gasteiger partial charge on any atom is 0.331 e. The SMILES string of the molecule is COc1cc(/C=C/C(=O)OC(C)C(=O)N2CCCC2)ccc1OCc1c(C)noc1C. The fourth-order valence-corrected chi connectivity index (χ4v) is 3.39. The smallest absolute Gasteiger partial charge is 0.331 e. The number of carbonyl (C=O) groups excluding carboxylic acids is 2. The third-order valence-electron chi connectivity index (χ3n) is 5.21. The molecular formula is C23H28N2O6. The molecule has 0 spiro atoms. The van der Waals surface area contributed by atoms with Crippen LogP contribution in [0.25, 0.3) is 6.08 Å². The molecule has 0 aliphatic carbocycles. The van der Waals surface area contributed by atoms with Crippen molar-refractivity contribution in [2.45, 2.75) is 46.3 Å². The van der Waals surface area contributed by atoms with Gasteiger partial charge in [-0.1, -0.05) is 11.2 Å². The molecule has 1 atom stereocenters. The van der Waals surface area contributed by atoms with Crippen molar-refractivity contribution in [3.63, 3.8) is 0 Å². The fraction of sp³-hybridized carbons (Fsp3) is 0.435. The van der Waals surface area contributed by atoms with E-state index in [9.17, 15) is 9.59 Å². The second kappa shape index (κ2) is 10.1. The summed E-state index contributed by atoms with van der Waals surface area (Å²) in [6, 6.07) is 5.32. The van der Waals surface area contributed by atoms with Crippen molar-refractivity contribution >= 4 is 18.0 Å². The average Bonchev–Trinajstić information content (AvgIpc) is 3.41. The molecular weight excluding hydrogens is 400 g/mol. The number of methoxy groups -OCH3 is 1. The van der Waals surface area contributed by atoms with Crippen LogP contribution in [-0.2, 0) is 20.9 Å². The number of carbonyl (C=O) groups is 2. The van der Waals surface area contributed by atoms with Gasteiger partial charge >= 0.3 is 5.97 Å². The predicted octanol–water partition coefficient (Wildman–Crippen LogP) is 3.45. The van der Waals surface area contributed by atoms with Gasteiger partial charge in [0, 0.05) is 19.2 Å². The summed E-state index contributed by atoms with van der Waals surface area (Å²) < 4.78 is 21.7. The second-order valence-electron chi connectivity index (χ2n) is 7.45. The van der Waals surface area contributed by atoms with E-state index in [-0.39, 0.29) is 5.91 Å². The van der Waals surface area contributed by atoms with Crippen LogP contribution in [0.1, 0.15) is 42.3 Å². The fourth-order valence-electron chi connectivity index (χ4n) is 3.39. The summed E-state index contributed by atoms with van der Waals surface area (Å²) in [5.41, 5.74) is 2.41. The van der Waals surface area contributed by atoms with Gasteiger partial charge in [0.25, 0.3) is 5.91 Å². The molecule has 2 aromatic rings. The molecule has 1 unspecified atom stereocenters. The summed E-state index contributed by atoms with van der Waals surface area (Å²) in [5, 5.41) is 3.92. The minimum Gasteiger partial charge on any atom is -0.493 e. The molecule has 3 rings (SSSR count). The zero-order valence-electron chi connectivity index (χ0n) is 18.3. The van der Waals surface area contributed by atoms with Crippen molar-refractivity contribution in [3.05, 3.63) is 46.9 Å². The Hall–Kier alpha value is -3.29. The van der Waals surface area contributed by atoms with Crippen LogP contribution in [0, 0.1) is 13.8 Å². The molecule has 8 heteroatoms. The van der Waals surface area contributed by atoms with Crippen LogP contribution < -0.4 is 9.47 Å². The Morgan fingerprint density at radius 1 is 1.23 bits per heavy atom. The number of aryl methyl sites for hydroxylation is 2. The lowest BCUT2D eigenvalue weighted by Crippen LogP contribution is -2.37. The monoisotopic (exact) mass is 428 g/mol. The molecule has 1 aliphatic rings. The van der Waals surface area contributed by atoms with E-state index >= 15 is 0 Å². The van der Waals surface area contributed by atoms with E-state index in [0.29, 0.717) is 23.9 Å². The molecule has 1 aliphatic heterocycles. The van der Waals surface area contributed by atoms with Crippen molar-refractivity contribution in [3.8, 4) is 11.5 Å². The van der Waals surface area contributed by atoms with Crippen molar-refractivity contribution < 1.29 is 28.3 Å².